The zero-order valence-electron chi connectivity index (χ0n) is 17.3. The van der Waals surface area contributed by atoms with Crippen LogP contribution in [0.2, 0.25) is 0 Å². The van der Waals surface area contributed by atoms with E-state index in [1.54, 1.807) is 12.1 Å². The second-order valence-electron chi connectivity index (χ2n) is 8.35. The highest BCUT2D eigenvalue weighted by Crippen LogP contribution is 2.44. The largest absolute Gasteiger partial charge is 0.508 e. The van der Waals surface area contributed by atoms with Gasteiger partial charge < -0.3 is 19.8 Å². The fraction of sp³-hybridized carbons (Fsp3) is 0.231. The third-order valence-electron chi connectivity index (χ3n) is 6.55. The van der Waals surface area contributed by atoms with Crippen LogP contribution in [0, 0.1) is 5.92 Å². The van der Waals surface area contributed by atoms with E-state index in [1.165, 1.54) is 17.0 Å². The summed E-state index contributed by atoms with van der Waals surface area (Å²) < 4.78 is 5.71. The molecule has 0 bridgehead atoms. The summed E-state index contributed by atoms with van der Waals surface area (Å²) in [5.41, 5.74) is 5.36. The van der Waals surface area contributed by atoms with Crippen LogP contribution in [0.25, 0.3) is 11.1 Å². The Morgan fingerprint density at radius 1 is 0.875 bits per heavy atom. The molecule has 0 spiro atoms. The Balaban J connectivity index is 1.32. The van der Waals surface area contributed by atoms with Gasteiger partial charge in [-0.1, -0.05) is 60.7 Å². The van der Waals surface area contributed by atoms with Crippen LogP contribution in [0.4, 0.5) is 4.79 Å². The lowest BCUT2D eigenvalue weighted by molar-refractivity contribution is -0.141. The van der Waals surface area contributed by atoms with E-state index in [4.69, 9.17) is 4.74 Å². The van der Waals surface area contributed by atoms with Gasteiger partial charge in [0.1, 0.15) is 12.4 Å². The van der Waals surface area contributed by atoms with Crippen LogP contribution in [0.15, 0.2) is 72.8 Å². The van der Waals surface area contributed by atoms with E-state index < -0.39 is 18.0 Å². The summed E-state index contributed by atoms with van der Waals surface area (Å²) in [5, 5.41) is 19.2. The molecule has 1 aliphatic carbocycles. The summed E-state index contributed by atoms with van der Waals surface area (Å²) in [4.78, 5) is 26.2. The number of hydrogen-bond donors (Lipinski definition) is 2. The molecule has 3 aromatic carbocycles. The van der Waals surface area contributed by atoms with Gasteiger partial charge in [0, 0.05) is 24.9 Å². The number of carboxylic acid groups (broad SMARTS) is 1. The smallest absolute Gasteiger partial charge is 0.409 e. The minimum Gasteiger partial charge on any atom is -0.508 e. The molecule has 2 atom stereocenters. The first-order valence-corrected chi connectivity index (χ1v) is 10.6. The van der Waals surface area contributed by atoms with Crippen molar-refractivity contribution < 1.29 is 24.5 Å². The fourth-order valence-electron chi connectivity index (χ4n) is 4.95. The maximum absolute atomic E-state index is 12.9. The van der Waals surface area contributed by atoms with Crippen molar-refractivity contribution in [3.05, 3.63) is 89.5 Å². The summed E-state index contributed by atoms with van der Waals surface area (Å²) >= 11 is 0. The fourth-order valence-corrected chi connectivity index (χ4v) is 4.95. The van der Waals surface area contributed by atoms with Crippen LogP contribution in [0.1, 0.15) is 28.5 Å². The van der Waals surface area contributed by atoms with Crippen LogP contribution in [0.3, 0.4) is 0 Å². The minimum atomic E-state index is -0.947. The standard InChI is InChI=1S/C26H23NO5/c28-17-11-9-16(10-12-17)22-13-27(14-23(22)25(29)30)26(31)32-15-24-20-7-3-1-5-18(20)19-6-2-4-8-21(19)24/h1-12,22-24,28H,13-15H2,(H,29,30)/t22-,23+/m0/s1. The molecular formula is C26H23NO5. The number of aromatic hydroxyl groups is 1. The normalized spacial score (nSPS) is 19.4. The Labute approximate surface area is 185 Å². The average Bonchev–Trinajstić information content (AvgIpc) is 3.39. The predicted octanol–water partition coefficient (Wildman–Crippen LogP) is 4.44. The second-order valence-corrected chi connectivity index (χ2v) is 8.35. The van der Waals surface area contributed by atoms with E-state index >= 15 is 0 Å². The van der Waals surface area contributed by atoms with Gasteiger partial charge in [-0.3, -0.25) is 4.79 Å². The first-order valence-electron chi connectivity index (χ1n) is 10.6. The highest BCUT2D eigenvalue weighted by Gasteiger charge is 2.41. The molecule has 6 nitrogen and oxygen atoms in total. The lowest BCUT2D eigenvalue weighted by Crippen LogP contribution is -2.31. The van der Waals surface area contributed by atoms with Crippen molar-refractivity contribution in [3.63, 3.8) is 0 Å². The summed E-state index contributed by atoms with van der Waals surface area (Å²) in [7, 11) is 0. The SMILES string of the molecule is O=C(O)[C@@H]1CN(C(=O)OCC2c3ccccc3-c3ccccc32)C[C@H]1c1ccc(O)cc1. The zero-order chi connectivity index (χ0) is 22.2. The van der Waals surface area contributed by atoms with E-state index in [-0.39, 0.29) is 37.3 Å². The van der Waals surface area contributed by atoms with Crippen LogP contribution >= 0.6 is 0 Å². The summed E-state index contributed by atoms with van der Waals surface area (Å²) in [5.74, 6) is -1.95. The molecule has 1 heterocycles. The Kier molecular flexibility index (Phi) is 5.05. The topological polar surface area (TPSA) is 87.1 Å². The van der Waals surface area contributed by atoms with Crippen molar-refractivity contribution in [1.82, 2.24) is 4.90 Å². The third-order valence-corrected chi connectivity index (χ3v) is 6.55. The van der Waals surface area contributed by atoms with Crippen molar-refractivity contribution in [3.8, 4) is 16.9 Å². The van der Waals surface area contributed by atoms with Crippen LogP contribution in [-0.2, 0) is 9.53 Å². The molecule has 0 saturated carbocycles. The van der Waals surface area contributed by atoms with Crippen LogP contribution < -0.4 is 0 Å². The molecule has 162 valence electrons. The molecule has 1 amide bonds. The number of phenols is 1. The Bertz CT molecular complexity index is 1130. The minimum absolute atomic E-state index is 0.0443. The number of nitrogens with zero attached hydrogens (tertiary/aromatic N) is 1. The lowest BCUT2D eigenvalue weighted by atomic mass is 9.89. The number of likely N-dealkylation sites (tertiary alicyclic amines) is 1. The van der Waals surface area contributed by atoms with Crippen molar-refractivity contribution in [1.29, 1.82) is 0 Å². The Morgan fingerprint density at radius 2 is 1.47 bits per heavy atom. The average molecular weight is 429 g/mol. The molecule has 1 aliphatic heterocycles. The van der Waals surface area contributed by atoms with Gasteiger partial charge in [0.05, 0.1) is 5.92 Å². The van der Waals surface area contributed by atoms with E-state index in [9.17, 15) is 19.8 Å². The van der Waals surface area contributed by atoms with E-state index in [0.717, 1.165) is 27.8 Å². The summed E-state index contributed by atoms with van der Waals surface area (Å²) in [6.07, 6.45) is -0.501. The molecule has 2 N–H and O–H groups in total. The number of amides is 1. The number of carbonyl (C=O) groups is 2. The van der Waals surface area contributed by atoms with Gasteiger partial charge in [0.25, 0.3) is 0 Å². The van der Waals surface area contributed by atoms with E-state index in [2.05, 4.69) is 24.3 Å². The number of aliphatic carboxylic acids is 1. The van der Waals surface area contributed by atoms with Gasteiger partial charge in [-0.2, -0.15) is 0 Å². The molecule has 5 rings (SSSR count). The van der Waals surface area contributed by atoms with Gasteiger partial charge in [-0.05, 0) is 39.9 Å². The number of carbonyl (C=O) groups excluding carboxylic acids is 1. The number of rotatable bonds is 4. The van der Waals surface area contributed by atoms with Gasteiger partial charge in [-0.15, -0.1) is 0 Å². The number of fused-ring (bicyclic) bond motifs is 3. The van der Waals surface area contributed by atoms with Gasteiger partial charge in [0.2, 0.25) is 0 Å². The number of benzene rings is 3. The Hall–Kier alpha value is -3.80. The van der Waals surface area contributed by atoms with Gasteiger partial charge in [-0.25, -0.2) is 4.79 Å². The van der Waals surface area contributed by atoms with Crippen molar-refractivity contribution in [2.24, 2.45) is 5.92 Å². The van der Waals surface area contributed by atoms with Crippen molar-refractivity contribution in [2.45, 2.75) is 11.8 Å². The molecule has 32 heavy (non-hydrogen) atoms. The highest BCUT2D eigenvalue weighted by atomic mass is 16.6. The second kappa shape index (κ2) is 8.04. The summed E-state index contributed by atoms with van der Waals surface area (Å²) in [6.45, 7) is 0.556. The molecule has 1 fully saturated rings. The number of ether oxygens (including phenoxy) is 1. The first-order chi connectivity index (χ1) is 15.5. The third kappa shape index (κ3) is 3.47. The molecule has 0 unspecified atom stereocenters. The number of hydrogen-bond acceptors (Lipinski definition) is 4. The van der Waals surface area contributed by atoms with Gasteiger partial charge in [0.15, 0.2) is 0 Å². The van der Waals surface area contributed by atoms with Crippen molar-refractivity contribution >= 4 is 12.1 Å². The van der Waals surface area contributed by atoms with Crippen LogP contribution in [0.5, 0.6) is 5.75 Å². The maximum Gasteiger partial charge on any atom is 0.409 e. The first kappa shape index (κ1) is 20.1. The molecular weight excluding hydrogens is 406 g/mol. The van der Waals surface area contributed by atoms with E-state index in [0.29, 0.717) is 0 Å². The van der Waals surface area contributed by atoms with E-state index in [1.807, 2.05) is 24.3 Å². The number of phenolic OH excluding ortho intramolecular Hbond substituents is 1. The quantitative estimate of drug-likeness (QED) is 0.640. The molecule has 3 aromatic rings. The molecule has 0 aromatic heterocycles. The van der Waals surface area contributed by atoms with Gasteiger partial charge >= 0.3 is 12.1 Å². The molecule has 2 aliphatic rings. The molecule has 1 saturated heterocycles. The monoisotopic (exact) mass is 429 g/mol. The maximum atomic E-state index is 12.9. The Morgan fingerprint density at radius 3 is 2.06 bits per heavy atom. The molecule has 6 heteroatoms. The summed E-state index contributed by atoms with van der Waals surface area (Å²) in [6, 6.07) is 22.7. The lowest BCUT2D eigenvalue weighted by Gasteiger charge is -2.19. The molecule has 0 radical (unpaired) electrons. The predicted molar refractivity (Wildman–Crippen MR) is 119 cm³/mol. The van der Waals surface area contributed by atoms with Crippen molar-refractivity contribution in [2.75, 3.05) is 19.7 Å². The number of carboxylic acids is 1. The van der Waals surface area contributed by atoms with Crippen LogP contribution in [-0.4, -0.2) is 46.9 Å². The zero-order valence-corrected chi connectivity index (χ0v) is 17.3. The highest BCUT2D eigenvalue weighted by molar-refractivity contribution is 5.79.